The molecule has 0 fully saturated rings. The molecular weight excluding hydrogens is 262 g/mol. The molecule has 0 amide bonds. The number of aromatic nitrogens is 2. The Morgan fingerprint density at radius 1 is 1.00 bits per heavy atom. The van der Waals surface area contributed by atoms with E-state index in [0.29, 0.717) is 17.2 Å². The van der Waals surface area contributed by atoms with Crippen LogP contribution >= 0.6 is 0 Å². The van der Waals surface area contributed by atoms with Crippen molar-refractivity contribution in [3.63, 3.8) is 0 Å². The van der Waals surface area contributed by atoms with Gasteiger partial charge < -0.3 is 10.7 Å². The topological polar surface area (TPSA) is 71.8 Å². The van der Waals surface area contributed by atoms with Gasteiger partial charge >= 0.3 is 0 Å². The molecule has 0 atom stereocenters. The Balaban J connectivity index is 2.15. The Morgan fingerprint density at radius 3 is 2.52 bits per heavy atom. The Kier molecular flexibility index (Phi) is 3.28. The summed E-state index contributed by atoms with van der Waals surface area (Å²) >= 11 is 0. The standard InChI is InChI=1S/C17H15N3O/c1-11-4-2-6-13(8-11)17-19-15(10-16(21)20-17)12-5-3-7-14(18)9-12/h2-10H,18H2,1H3,(H,19,20,21). The van der Waals surface area contributed by atoms with E-state index in [1.807, 2.05) is 49.4 Å². The van der Waals surface area contributed by atoms with Crippen LogP contribution in [-0.4, -0.2) is 9.97 Å². The summed E-state index contributed by atoms with van der Waals surface area (Å²) in [6.07, 6.45) is 0. The minimum absolute atomic E-state index is 0.182. The van der Waals surface area contributed by atoms with E-state index in [-0.39, 0.29) is 5.56 Å². The van der Waals surface area contributed by atoms with E-state index in [9.17, 15) is 4.79 Å². The third kappa shape index (κ3) is 2.84. The monoisotopic (exact) mass is 277 g/mol. The van der Waals surface area contributed by atoms with Crippen LogP contribution < -0.4 is 11.3 Å². The molecule has 3 N–H and O–H groups in total. The first-order valence-electron chi connectivity index (χ1n) is 6.66. The largest absolute Gasteiger partial charge is 0.399 e. The van der Waals surface area contributed by atoms with Gasteiger partial charge in [-0.3, -0.25) is 4.79 Å². The lowest BCUT2D eigenvalue weighted by Gasteiger charge is -2.06. The number of hydrogen-bond acceptors (Lipinski definition) is 3. The average Bonchev–Trinajstić information content (AvgIpc) is 2.46. The molecule has 3 rings (SSSR count). The van der Waals surface area contributed by atoms with E-state index in [2.05, 4.69) is 9.97 Å². The quantitative estimate of drug-likeness (QED) is 0.707. The number of nitrogens with zero attached hydrogens (tertiary/aromatic N) is 1. The second kappa shape index (κ2) is 5.25. The molecule has 0 saturated carbocycles. The SMILES string of the molecule is Cc1cccc(-c2nc(-c3cccc(N)c3)cc(=O)[nH]2)c1. The summed E-state index contributed by atoms with van der Waals surface area (Å²) in [4.78, 5) is 19.2. The molecule has 0 bridgehead atoms. The van der Waals surface area contributed by atoms with Gasteiger partial charge in [0.05, 0.1) is 5.69 Å². The number of rotatable bonds is 2. The number of nitrogens with two attached hydrogens (primary N) is 1. The van der Waals surface area contributed by atoms with Crippen LogP contribution in [0.15, 0.2) is 59.4 Å². The minimum Gasteiger partial charge on any atom is -0.399 e. The van der Waals surface area contributed by atoms with Crippen LogP contribution in [0.5, 0.6) is 0 Å². The predicted octanol–water partition coefficient (Wildman–Crippen LogP) is 2.99. The molecule has 1 aromatic heterocycles. The van der Waals surface area contributed by atoms with Crippen molar-refractivity contribution in [3.8, 4) is 22.6 Å². The van der Waals surface area contributed by atoms with Crippen molar-refractivity contribution in [1.82, 2.24) is 9.97 Å². The highest BCUT2D eigenvalue weighted by atomic mass is 16.1. The number of nitrogen functional groups attached to an aromatic ring is 1. The number of nitrogens with one attached hydrogen (secondary N) is 1. The van der Waals surface area contributed by atoms with Crippen molar-refractivity contribution in [3.05, 3.63) is 70.5 Å². The number of aryl methyl sites for hydroxylation is 1. The smallest absolute Gasteiger partial charge is 0.251 e. The van der Waals surface area contributed by atoms with Gasteiger partial charge in [-0.2, -0.15) is 0 Å². The van der Waals surface area contributed by atoms with Gasteiger partial charge in [0.1, 0.15) is 5.82 Å². The number of hydrogen-bond donors (Lipinski definition) is 2. The average molecular weight is 277 g/mol. The fourth-order valence-corrected chi connectivity index (χ4v) is 2.23. The van der Waals surface area contributed by atoms with E-state index in [1.54, 1.807) is 6.07 Å². The first kappa shape index (κ1) is 13.1. The summed E-state index contributed by atoms with van der Waals surface area (Å²) in [5.41, 5.74) is 9.70. The molecule has 0 unspecified atom stereocenters. The second-order valence-corrected chi connectivity index (χ2v) is 4.97. The zero-order valence-corrected chi connectivity index (χ0v) is 11.6. The molecule has 3 aromatic rings. The zero-order chi connectivity index (χ0) is 14.8. The van der Waals surface area contributed by atoms with Gasteiger partial charge in [-0.25, -0.2) is 4.98 Å². The molecule has 0 saturated heterocycles. The first-order valence-corrected chi connectivity index (χ1v) is 6.66. The van der Waals surface area contributed by atoms with Gasteiger partial charge in [-0.1, -0.05) is 35.9 Å². The third-order valence-electron chi connectivity index (χ3n) is 3.22. The third-order valence-corrected chi connectivity index (χ3v) is 3.22. The van der Waals surface area contributed by atoms with Crippen molar-refractivity contribution in [1.29, 1.82) is 0 Å². The van der Waals surface area contributed by atoms with Crippen LogP contribution in [0.25, 0.3) is 22.6 Å². The molecule has 0 spiro atoms. The summed E-state index contributed by atoms with van der Waals surface area (Å²) in [7, 11) is 0. The molecule has 21 heavy (non-hydrogen) atoms. The lowest BCUT2D eigenvalue weighted by Crippen LogP contribution is -2.08. The van der Waals surface area contributed by atoms with Crippen LogP contribution in [0.2, 0.25) is 0 Å². The summed E-state index contributed by atoms with van der Waals surface area (Å²) in [5, 5.41) is 0. The van der Waals surface area contributed by atoms with Crippen molar-refractivity contribution in [2.75, 3.05) is 5.73 Å². The van der Waals surface area contributed by atoms with Crippen molar-refractivity contribution in [2.24, 2.45) is 0 Å². The Hall–Kier alpha value is -2.88. The molecule has 104 valence electrons. The van der Waals surface area contributed by atoms with E-state index < -0.39 is 0 Å². The summed E-state index contributed by atoms with van der Waals surface area (Å²) in [5.74, 6) is 0.559. The minimum atomic E-state index is -0.182. The van der Waals surface area contributed by atoms with Gasteiger partial charge in [0.15, 0.2) is 0 Å². The maximum atomic E-state index is 11.9. The molecule has 4 heteroatoms. The molecule has 0 aliphatic rings. The summed E-state index contributed by atoms with van der Waals surface area (Å²) in [6.45, 7) is 2.00. The highest BCUT2D eigenvalue weighted by Crippen LogP contribution is 2.21. The zero-order valence-electron chi connectivity index (χ0n) is 11.6. The van der Waals surface area contributed by atoms with Crippen LogP contribution in [0, 0.1) is 6.92 Å². The predicted molar refractivity (Wildman–Crippen MR) is 84.9 cm³/mol. The number of H-pyrrole nitrogens is 1. The molecular formula is C17H15N3O. The number of benzene rings is 2. The first-order chi connectivity index (χ1) is 10.1. The van der Waals surface area contributed by atoms with Crippen LogP contribution in [-0.2, 0) is 0 Å². The van der Waals surface area contributed by atoms with Gasteiger partial charge in [-0.05, 0) is 25.1 Å². The van der Waals surface area contributed by atoms with Gasteiger partial charge in [0.2, 0.25) is 0 Å². The Bertz CT molecular complexity index is 786. The molecule has 0 radical (unpaired) electrons. The van der Waals surface area contributed by atoms with E-state index in [1.165, 1.54) is 6.07 Å². The molecule has 2 aromatic carbocycles. The van der Waals surface area contributed by atoms with Crippen LogP contribution in [0.3, 0.4) is 0 Å². The summed E-state index contributed by atoms with van der Waals surface area (Å²) in [6, 6.07) is 16.7. The van der Waals surface area contributed by atoms with Gasteiger partial charge in [-0.15, -0.1) is 0 Å². The van der Waals surface area contributed by atoms with Crippen molar-refractivity contribution in [2.45, 2.75) is 6.92 Å². The van der Waals surface area contributed by atoms with E-state index in [4.69, 9.17) is 5.73 Å². The van der Waals surface area contributed by atoms with Crippen molar-refractivity contribution < 1.29 is 0 Å². The van der Waals surface area contributed by atoms with Crippen LogP contribution in [0.1, 0.15) is 5.56 Å². The second-order valence-electron chi connectivity index (χ2n) is 4.97. The summed E-state index contributed by atoms with van der Waals surface area (Å²) < 4.78 is 0. The lowest BCUT2D eigenvalue weighted by atomic mass is 10.1. The highest BCUT2D eigenvalue weighted by molar-refractivity contribution is 5.66. The number of aromatic amines is 1. The normalized spacial score (nSPS) is 10.5. The fraction of sp³-hybridized carbons (Fsp3) is 0.0588. The van der Waals surface area contributed by atoms with E-state index in [0.717, 1.165) is 16.7 Å². The Labute approximate surface area is 122 Å². The number of anilines is 1. The maximum Gasteiger partial charge on any atom is 0.251 e. The molecule has 0 aliphatic heterocycles. The lowest BCUT2D eigenvalue weighted by molar-refractivity contribution is 1.13. The molecule has 0 aliphatic carbocycles. The highest BCUT2D eigenvalue weighted by Gasteiger charge is 2.06. The fourth-order valence-electron chi connectivity index (χ4n) is 2.23. The van der Waals surface area contributed by atoms with Gasteiger partial charge in [0.25, 0.3) is 5.56 Å². The Morgan fingerprint density at radius 2 is 1.76 bits per heavy atom. The maximum absolute atomic E-state index is 11.9. The molecule has 4 nitrogen and oxygen atoms in total. The van der Waals surface area contributed by atoms with E-state index >= 15 is 0 Å². The van der Waals surface area contributed by atoms with Crippen LogP contribution in [0.4, 0.5) is 5.69 Å². The van der Waals surface area contributed by atoms with Crippen molar-refractivity contribution >= 4 is 5.69 Å². The molecule has 1 heterocycles. The van der Waals surface area contributed by atoms with Gasteiger partial charge in [0, 0.05) is 22.9 Å².